The van der Waals surface area contributed by atoms with E-state index in [0.29, 0.717) is 0 Å². The van der Waals surface area contributed by atoms with Gasteiger partial charge in [-0.05, 0) is 132 Å². The Morgan fingerprint density at radius 1 is 0.288 bits per heavy atom. The first kappa shape index (κ1) is 31.1. The molecule has 0 aliphatic carbocycles. The van der Waals surface area contributed by atoms with Crippen molar-refractivity contribution in [2.24, 2.45) is 0 Å². The number of rotatable bonds is 3. The molecule has 0 atom stereocenters. The van der Waals surface area contributed by atoms with Crippen LogP contribution in [0.25, 0.3) is 98.0 Å². The van der Waals surface area contributed by atoms with Crippen LogP contribution in [0, 0.1) is 0 Å². The van der Waals surface area contributed by atoms with Crippen molar-refractivity contribution in [3.8, 4) is 33.4 Å². The highest BCUT2D eigenvalue weighted by Crippen LogP contribution is 2.44. The summed E-state index contributed by atoms with van der Waals surface area (Å²) in [6.45, 7) is 13.8. The van der Waals surface area contributed by atoms with Crippen LogP contribution in [0.4, 0.5) is 0 Å². The molecule has 0 amide bonds. The Balaban J connectivity index is 1.09. The quantitative estimate of drug-likeness (QED) is 0.165. The van der Waals surface area contributed by atoms with Crippen molar-refractivity contribution < 1.29 is 0 Å². The Kier molecular flexibility index (Phi) is 6.50. The zero-order valence-electron chi connectivity index (χ0n) is 30.9. The highest BCUT2D eigenvalue weighted by molar-refractivity contribution is 6.27. The first-order valence-electron chi connectivity index (χ1n) is 18.7. The molecule has 10 aromatic rings. The van der Waals surface area contributed by atoms with Crippen LogP contribution in [-0.2, 0) is 10.8 Å². The van der Waals surface area contributed by atoms with E-state index in [1.54, 1.807) is 0 Å². The molecule has 52 heavy (non-hydrogen) atoms. The molecule has 0 nitrogen and oxygen atoms in total. The molecule has 0 saturated carbocycles. The highest BCUT2D eigenvalue weighted by atomic mass is 14.2. The molecule has 0 spiro atoms. The van der Waals surface area contributed by atoms with Crippen LogP contribution in [0.3, 0.4) is 0 Å². The molecule has 0 fully saturated rings. The summed E-state index contributed by atoms with van der Waals surface area (Å²) < 4.78 is 0. The second-order valence-corrected chi connectivity index (χ2v) is 17.0. The Hall–Kier alpha value is -5.72. The van der Waals surface area contributed by atoms with Crippen molar-refractivity contribution in [2.45, 2.75) is 52.4 Å². The van der Waals surface area contributed by atoms with Gasteiger partial charge >= 0.3 is 0 Å². The van der Waals surface area contributed by atoms with Crippen molar-refractivity contribution in [3.05, 3.63) is 157 Å². The second kappa shape index (κ2) is 10.9. The van der Waals surface area contributed by atoms with Gasteiger partial charge in [0.05, 0.1) is 0 Å². The third-order valence-corrected chi connectivity index (χ3v) is 11.6. The fraction of sp³-hybridized carbons (Fsp3) is 0.154. The summed E-state index contributed by atoms with van der Waals surface area (Å²) in [5.41, 5.74) is 10.5. The smallest absolute Gasteiger partial charge is 0.00206 e. The molecule has 0 radical (unpaired) electrons. The summed E-state index contributed by atoms with van der Waals surface area (Å²) in [4.78, 5) is 0. The topological polar surface area (TPSA) is 0 Å². The van der Waals surface area contributed by atoms with Gasteiger partial charge in [-0.1, -0.05) is 175 Å². The summed E-state index contributed by atoms with van der Waals surface area (Å²) in [7, 11) is 0. The Morgan fingerprint density at radius 2 is 0.615 bits per heavy atom. The van der Waals surface area contributed by atoms with Crippen LogP contribution in [0.1, 0.15) is 52.7 Å². The lowest BCUT2D eigenvalue weighted by Gasteiger charge is -2.22. The van der Waals surface area contributed by atoms with Crippen LogP contribution in [0.5, 0.6) is 0 Å². The number of hydrogen-bond donors (Lipinski definition) is 0. The Labute approximate surface area is 306 Å². The largest absolute Gasteiger partial charge is 0.0610 e. The summed E-state index contributed by atoms with van der Waals surface area (Å²) >= 11 is 0. The van der Waals surface area contributed by atoms with Crippen molar-refractivity contribution in [1.82, 2.24) is 0 Å². The molecule has 0 aromatic heterocycles. The van der Waals surface area contributed by atoms with E-state index in [-0.39, 0.29) is 10.8 Å². The van der Waals surface area contributed by atoms with Gasteiger partial charge in [0.15, 0.2) is 0 Å². The van der Waals surface area contributed by atoms with E-state index in [4.69, 9.17) is 0 Å². The van der Waals surface area contributed by atoms with Crippen molar-refractivity contribution in [3.63, 3.8) is 0 Å². The van der Waals surface area contributed by atoms with E-state index < -0.39 is 0 Å². The lowest BCUT2D eigenvalue weighted by atomic mass is 9.82. The van der Waals surface area contributed by atoms with E-state index in [9.17, 15) is 0 Å². The van der Waals surface area contributed by atoms with Crippen LogP contribution < -0.4 is 0 Å². The number of benzene rings is 10. The first-order valence-corrected chi connectivity index (χ1v) is 18.7. The molecule has 0 unspecified atom stereocenters. The first-order chi connectivity index (χ1) is 25.0. The lowest BCUT2D eigenvalue weighted by molar-refractivity contribution is 0.591. The fourth-order valence-corrected chi connectivity index (χ4v) is 8.74. The zero-order valence-corrected chi connectivity index (χ0v) is 30.9. The standard InChI is InChI=1S/C52H42/c1-51(2,3)41-27-37-15-13-31-17-21-43(45-23-19-39(29-41)47(37)49(31)45)35-11-7-9-33(25-35)34-10-8-12-36(26-34)44-22-18-32-14-16-38-28-42(52(4,5)6)30-40-20-24-46(44)50(32)48(38)40/h7-30H,1-6H3. The Morgan fingerprint density at radius 3 is 1.00 bits per heavy atom. The number of hydrogen-bond acceptors (Lipinski definition) is 0. The fourth-order valence-electron chi connectivity index (χ4n) is 8.74. The maximum atomic E-state index is 2.39. The second-order valence-electron chi connectivity index (χ2n) is 17.0. The van der Waals surface area contributed by atoms with E-state index in [1.165, 1.54) is 109 Å². The maximum Gasteiger partial charge on any atom is -0.00206 e. The molecule has 0 heteroatoms. The van der Waals surface area contributed by atoms with Gasteiger partial charge in [-0.2, -0.15) is 0 Å². The van der Waals surface area contributed by atoms with Gasteiger partial charge in [-0.25, -0.2) is 0 Å². The summed E-state index contributed by atoms with van der Waals surface area (Å²) in [6, 6.07) is 55.6. The minimum Gasteiger partial charge on any atom is -0.0610 e. The van der Waals surface area contributed by atoms with Gasteiger partial charge in [-0.15, -0.1) is 0 Å². The summed E-state index contributed by atoms with van der Waals surface area (Å²) in [6.07, 6.45) is 0. The van der Waals surface area contributed by atoms with Crippen molar-refractivity contribution in [2.75, 3.05) is 0 Å². The van der Waals surface area contributed by atoms with Gasteiger partial charge in [-0.3, -0.25) is 0 Å². The molecule has 10 rings (SSSR count). The third-order valence-electron chi connectivity index (χ3n) is 11.6. The zero-order chi connectivity index (χ0) is 35.5. The predicted octanol–water partition coefficient (Wildman–Crippen LogP) is 15.1. The minimum atomic E-state index is 0.101. The average molecular weight is 667 g/mol. The SMILES string of the molecule is CC(C)(C)c1cc2ccc3ccc(-c4cccc(-c5cccc(-c6ccc7ccc8cc(C(C)(C)C)cc9ccc6c7c89)c5)c4)c4ccc(c1)c2c34. The van der Waals surface area contributed by atoms with Crippen molar-refractivity contribution in [1.29, 1.82) is 0 Å². The molecule has 0 N–H and O–H groups in total. The summed E-state index contributed by atoms with van der Waals surface area (Å²) in [5.74, 6) is 0. The van der Waals surface area contributed by atoms with Crippen LogP contribution >= 0.6 is 0 Å². The van der Waals surface area contributed by atoms with E-state index >= 15 is 0 Å². The molecular weight excluding hydrogens is 625 g/mol. The molecular formula is C52H42. The monoisotopic (exact) mass is 666 g/mol. The molecule has 0 aliphatic heterocycles. The van der Waals surface area contributed by atoms with Crippen LogP contribution in [0.15, 0.2) is 146 Å². The van der Waals surface area contributed by atoms with E-state index in [2.05, 4.69) is 187 Å². The average Bonchev–Trinajstić information content (AvgIpc) is 3.15. The lowest BCUT2D eigenvalue weighted by Crippen LogP contribution is -2.10. The third kappa shape index (κ3) is 4.74. The van der Waals surface area contributed by atoms with Gasteiger partial charge in [0.1, 0.15) is 0 Å². The van der Waals surface area contributed by atoms with Crippen LogP contribution in [-0.4, -0.2) is 0 Å². The Bertz CT molecular complexity index is 2770. The highest BCUT2D eigenvalue weighted by Gasteiger charge is 2.20. The summed E-state index contributed by atoms with van der Waals surface area (Å²) in [5, 5.41) is 16.0. The molecule has 10 aromatic carbocycles. The van der Waals surface area contributed by atoms with Gasteiger partial charge in [0.25, 0.3) is 0 Å². The van der Waals surface area contributed by atoms with E-state index in [0.717, 1.165) is 0 Å². The molecule has 250 valence electrons. The predicted molar refractivity (Wildman–Crippen MR) is 228 cm³/mol. The maximum absolute atomic E-state index is 2.39. The normalized spacial score (nSPS) is 12.8. The van der Waals surface area contributed by atoms with Gasteiger partial charge < -0.3 is 0 Å². The van der Waals surface area contributed by atoms with Crippen molar-refractivity contribution >= 4 is 64.6 Å². The van der Waals surface area contributed by atoms with E-state index in [1.807, 2.05) is 0 Å². The molecule has 0 aliphatic rings. The molecule has 0 bridgehead atoms. The molecule has 0 heterocycles. The van der Waals surface area contributed by atoms with Crippen LogP contribution in [0.2, 0.25) is 0 Å². The van der Waals surface area contributed by atoms with Gasteiger partial charge in [0, 0.05) is 0 Å². The van der Waals surface area contributed by atoms with Gasteiger partial charge in [0.2, 0.25) is 0 Å². The molecule has 0 saturated heterocycles. The minimum absolute atomic E-state index is 0.101.